The quantitative estimate of drug-likeness (QED) is 0.734. The van der Waals surface area contributed by atoms with Crippen molar-refractivity contribution in [3.8, 4) is 0 Å². The molecular formula is C14H22N2. The molecule has 2 rings (SSSR count). The normalized spacial score (nSPS) is 21.2. The molecular weight excluding hydrogens is 196 g/mol. The highest BCUT2D eigenvalue weighted by Crippen LogP contribution is 2.30. The number of benzene rings is 1. The van der Waals surface area contributed by atoms with E-state index in [0.29, 0.717) is 0 Å². The van der Waals surface area contributed by atoms with Gasteiger partial charge >= 0.3 is 0 Å². The van der Waals surface area contributed by atoms with Crippen LogP contribution in [0.2, 0.25) is 0 Å². The van der Waals surface area contributed by atoms with Gasteiger partial charge in [0.2, 0.25) is 0 Å². The SMILES string of the molecule is Cc1c(N)ccc(N2CCCC(C)C2)c1C. The van der Waals surface area contributed by atoms with Crippen LogP contribution in [0.1, 0.15) is 30.9 Å². The fraction of sp³-hybridized carbons (Fsp3) is 0.571. The second kappa shape index (κ2) is 4.36. The number of nitrogen functional groups attached to an aromatic ring is 1. The second-order valence-corrected chi connectivity index (χ2v) is 5.12. The molecule has 1 fully saturated rings. The van der Waals surface area contributed by atoms with E-state index in [0.717, 1.165) is 11.6 Å². The number of piperidine rings is 1. The number of hydrogen-bond acceptors (Lipinski definition) is 2. The highest BCUT2D eigenvalue weighted by atomic mass is 15.1. The largest absolute Gasteiger partial charge is 0.399 e. The summed E-state index contributed by atoms with van der Waals surface area (Å²) in [4.78, 5) is 2.51. The van der Waals surface area contributed by atoms with Crippen LogP contribution in [0.15, 0.2) is 12.1 Å². The van der Waals surface area contributed by atoms with Gasteiger partial charge in [-0.3, -0.25) is 0 Å². The monoisotopic (exact) mass is 218 g/mol. The van der Waals surface area contributed by atoms with E-state index >= 15 is 0 Å². The van der Waals surface area contributed by atoms with Crippen molar-refractivity contribution in [3.05, 3.63) is 23.3 Å². The van der Waals surface area contributed by atoms with Gasteiger partial charge in [0.25, 0.3) is 0 Å². The Bertz CT molecular complexity index is 385. The van der Waals surface area contributed by atoms with Crippen molar-refractivity contribution in [1.82, 2.24) is 0 Å². The van der Waals surface area contributed by atoms with E-state index in [-0.39, 0.29) is 0 Å². The molecule has 88 valence electrons. The predicted octanol–water partition coefficient (Wildman–Crippen LogP) is 3.12. The van der Waals surface area contributed by atoms with Gasteiger partial charge in [0.05, 0.1) is 0 Å². The van der Waals surface area contributed by atoms with Crippen LogP contribution >= 0.6 is 0 Å². The average Bonchev–Trinajstić information content (AvgIpc) is 2.26. The fourth-order valence-electron chi connectivity index (χ4n) is 2.58. The van der Waals surface area contributed by atoms with E-state index < -0.39 is 0 Å². The van der Waals surface area contributed by atoms with Gasteiger partial charge in [-0.25, -0.2) is 0 Å². The van der Waals surface area contributed by atoms with E-state index in [2.05, 4.69) is 31.7 Å². The van der Waals surface area contributed by atoms with E-state index in [1.165, 1.54) is 42.7 Å². The number of rotatable bonds is 1. The van der Waals surface area contributed by atoms with Crippen LogP contribution in [0, 0.1) is 19.8 Å². The molecule has 2 heteroatoms. The van der Waals surface area contributed by atoms with Gasteiger partial charge in [-0.1, -0.05) is 6.92 Å². The minimum atomic E-state index is 0.811. The van der Waals surface area contributed by atoms with Crippen molar-refractivity contribution in [2.75, 3.05) is 23.7 Å². The third-order valence-electron chi connectivity index (χ3n) is 3.80. The van der Waals surface area contributed by atoms with Crippen molar-refractivity contribution in [2.45, 2.75) is 33.6 Å². The summed E-state index contributed by atoms with van der Waals surface area (Å²) in [5, 5.41) is 0. The van der Waals surface area contributed by atoms with Crippen LogP contribution in [0.25, 0.3) is 0 Å². The summed E-state index contributed by atoms with van der Waals surface area (Å²) in [6.45, 7) is 9.01. The van der Waals surface area contributed by atoms with Crippen molar-refractivity contribution in [3.63, 3.8) is 0 Å². The Morgan fingerprint density at radius 3 is 2.69 bits per heavy atom. The van der Waals surface area contributed by atoms with Gasteiger partial charge in [-0.2, -0.15) is 0 Å². The smallest absolute Gasteiger partial charge is 0.0400 e. The summed E-state index contributed by atoms with van der Waals surface area (Å²) in [7, 11) is 0. The molecule has 1 saturated heterocycles. The van der Waals surface area contributed by atoms with Crippen LogP contribution in [0.3, 0.4) is 0 Å². The Balaban J connectivity index is 2.29. The summed E-state index contributed by atoms with van der Waals surface area (Å²) in [6.07, 6.45) is 2.67. The topological polar surface area (TPSA) is 29.3 Å². The van der Waals surface area contributed by atoms with Crippen LogP contribution < -0.4 is 10.6 Å². The Kier molecular flexibility index (Phi) is 3.08. The van der Waals surface area contributed by atoms with E-state index in [9.17, 15) is 0 Å². The molecule has 1 heterocycles. The lowest BCUT2D eigenvalue weighted by atomic mass is 9.97. The van der Waals surface area contributed by atoms with Crippen molar-refractivity contribution in [2.24, 2.45) is 5.92 Å². The standard InChI is InChI=1S/C14H22N2/c1-10-5-4-8-16(9-10)14-7-6-13(15)11(2)12(14)3/h6-7,10H,4-5,8-9,15H2,1-3H3. The Morgan fingerprint density at radius 1 is 1.25 bits per heavy atom. The summed E-state index contributed by atoms with van der Waals surface area (Å²) < 4.78 is 0. The molecule has 0 radical (unpaired) electrons. The molecule has 0 amide bonds. The summed E-state index contributed by atoms with van der Waals surface area (Å²) in [6, 6.07) is 4.21. The lowest BCUT2D eigenvalue weighted by Crippen LogP contribution is -2.34. The van der Waals surface area contributed by atoms with Crippen molar-refractivity contribution < 1.29 is 0 Å². The Morgan fingerprint density at radius 2 is 2.00 bits per heavy atom. The molecule has 2 nitrogen and oxygen atoms in total. The summed E-state index contributed by atoms with van der Waals surface area (Å²) >= 11 is 0. The van der Waals surface area contributed by atoms with Crippen molar-refractivity contribution in [1.29, 1.82) is 0 Å². The lowest BCUT2D eigenvalue weighted by Gasteiger charge is -2.34. The molecule has 1 atom stereocenters. The van der Waals surface area contributed by atoms with E-state index in [1.807, 2.05) is 6.07 Å². The van der Waals surface area contributed by atoms with Gasteiger partial charge in [0.15, 0.2) is 0 Å². The Labute approximate surface area is 98.4 Å². The van der Waals surface area contributed by atoms with Crippen LogP contribution in [0.5, 0.6) is 0 Å². The van der Waals surface area contributed by atoms with Crippen molar-refractivity contribution >= 4 is 11.4 Å². The number of anilines is 2. The molecule has 0 spiro atoms. The molecule has 0 aromatic heterocycles. The molecule has 0 aliphatic carbocycles. The minimum Gasteiger partial charge on any atom is -0.399 e. The summed E-state index contributed by atoms with van der Waals surface area (Å²) in [5.41, 5.74) is 10.8. The van der Waals surface area contributed by atoms with E-state index in [4.69, 9.17) is 5.73 Å². The first-order valence-corrected chi connectivity index (χ1v) is 6.20. The lowest BCUT2D eigenvalue weighted by molar-refractivity contribution is 0.446. The van der Waals surface area contributed by atoms with Gasteiger partial charge in [-0.05, 0) is 55.9 Å². The molecule has 0 saturated carbocycles. The molecule has 16 heavy (non-hydrogen) atoms. The molecule has 1 aromatic rings. The van der Waals surface area contributed by atoms with Gasteiger partial charge in [0, 0.05) is 24.5 Å². The first-order valence-electron chi connectivity index (χ1n) is 6.20. The maximum Gasteiger partial charge on any atom is 0.0400 e. The average molecular weight is 218 g/mol. The predicted molar refractivity (Wildman–Crippen MR) is 70.9 cm³/mol. The van der Waals surface area contributed by atoms with Gasteiger partial charge < -0.3 is 10.6 Å². The maximum absolute atomic E-state index is 5.93. The number of nitrogens with two attached hydrogens (primary N) is 1. The molecule has 1 aliphatic rings. The van der Waals surface area contributed by atoms with Crippen LogP contribution in [-0.4, -0.2) is 13.1 Å². The highest BCUT2D eigenvalue weighted by molar-refractivity contribution is 5.64. The molecule has 0 bridgehead atoms. The zero-order valence-electron chi connectivity index (χ0n) is 10.6. The zero-order chi connectivity index (χ0) is 11.7. The van der Waals surface area contributed by atoms with Crippen LogP contribution in [-0.2, 0) is 0 Å². The first kappa shape index (κ1) is 11.3. The number of nitrogens with zero attached hydrogens (tertiary/aromatic N) is 1. The molecule has 2 N–H and O–H groups in total. The molecule has 1 unspecified atom stereocenters. The molecule has 1 aromatic carbocycles. The minimum absolute atomic E-state index is 0.811. The summed E-state index contributed by atoms with van der Waals surface area (Å²) in [5.74, 6) is 0.811. The molecule has 1 aliphatic heterocycles. The number of hydrogen-bond donors (Lipinski definition) is 1. The second-order valence-electron chi connectivity index (χ2n) is 5.12. The third-order valence-corrected chi connectivity index (χ3v) is 3.80. The van der Waals surface area contributed by atoms with Gasteiger partial charge in [0.1, 0.15) is 0 Å². The van der Waals surface area contributed by atoms with Gasteiger partial charge in [-0.15, -0.1) is 0 Å². The first-order chi connectivity index (χ1) is 7.59. The highest BCUT2D eigenvalue weighted by Gasteiger charge is 2.18. The Hall–Kier alpha value is -1.18. The third kappa shape index (κ3) is 2.01. The maximum atomic E-state index is 5.93. The zero-order valence-corrected chi connectivity index (χ0v) is 10.6. The van der Waals surface area contributed by atoms with E-state index in [1.54, 1.807) is 0 Å². The fourth-order valence-corrected chi connectivity index (χ4v) is 2.58. The van der Waals surface area contributed by atoms with Crippen LogP contribution in [0.4, 0.5) is 11.4 Å².